The van der Waals surface area contributed by atoms with Crippen LogP contribution >= 0.6 is 0 Å². The lowest BCUT2D eigenvalue weighted by atomic mass is 9.80. The monoisotopic (exact) mass is 645 g/mol. The Bertz CT molecular complexity index is 1940. The summed E-state index contributed by atoms with van der Waals surface area (Å²) in [6, 6.07) is 5.24. The number of ketones is 1. The Morgan fingerprint density at radius 2 is 1.47 bits per heavy atom. The Morgan fingerprint density at radius 3 is 2.11 bits per heavy atom. The first-order chi connectivity index (χ1) is 22.1. The van der Waals surface area contributed by atoms with Gasteiger partial charge < -0.3 is 29.7 Å². The van der Waals surface area contributed by atoms with Crippen molar-refractivity contribution >= 4 is 39.9 Å². The van der Waals surface area contributed by atoms with Crippen LogP contribution < -0.4 is 0 Å². The number of nitrogens with zero attached hydrogens (tertiary/aromatic N) is 3. The molecular weight excluding hydrogens is 602 g/mol. The third-order valence-corrected chi connectivity index (χ3v) is 10.1. The minimum atomic E-state index is -2.01. The van der Waals surface area contributed by atoms with E-state index in [0.29, 0.717) is 58.4 Å². The average Bonchev–Trinajstić information content (AvgIpc) is 3.65. The Labute approximate surface area is 273 Å². The molecule has 250 valence electrons. The molecule has 0 aliphatic carbocycles. The highest BCUT2D eigenvalue weighted by molar-refractivity contribution is 6.05. The summed E-state index contributed by atoms with van der Waals surface area (Å²) in [5.74, 6) is -1.10. The van der Waals surface area contributed by atoms with E-state index in [-0.39, 0.29) is 42.5 Å². The molecule has 5 rings (SSSR count). The van der Waals surface area contributed by atoms with Crippen LogP contribution in [0.5, 0.6) is 0 Å². The lowest BCUT2D eigenvalue weighted by Gasteiger charge is -2.34. The number of hydrogen-bond acceptors (Lipinski definition) is 10. The van der Waals surface area contributed by atoms with Crippen LogP contribution in [-0.2, 0) is 48.5 Å². The maximum absolute atomic E-state index is 13.9. The van der Waals surface area contributed by atoms with E-state index in [1.54, 1.807) is 12.1 Å². The van der Waals surface area contributed by atoms with Gasteiger partial charge in [-0.05, 0) is 93.8 Å². The van der Waals surface area contributed by atoms with Gasteiger partial charge in [-0.15, -0.1) is 0 Å². The molecule has 12 nitrogen and oxygen atoms in total. The van der Waals surface area contributed by atoms with Gasteiger partial charge in [-0.3, -0.25) is 14.4 Å². The molecule has 8 bridgehead atoms. The summed E-state index contributed by atoms with van der Waals surface area (Å²) in [7, 11) is 2.59. The normalized spacial score (nSPS) is 22.4. The number of aryl methyl sites for hydroxylation is 4. The number of aromatic amines is 2. The zero-order valence-electron chi connectivity index (χ0n) is 28.3. The minimum Gasteiger partial charge on any atom is -0.469 e. The summed E-state index contributed by atoms with van der Waals surface area (Å²) in [6.45, 7) is 11.0. The number of methoxy groups -OCH3 is 2. The van der Waals surface area contributed by atoms with E-state index in [1.165, 1.54) is 21.1 Å². The first-order valence-corrected chi connectivity index (χ1v) is 15.9. The molecule has 5 heterocycles. The highest BCUT2D eigenvalue weighted by Crippen LogP contribution is 2.46. The number of fused-ring (bicyclic) bond motifs is 8. The molecule has 2 aliphatic heterocycles. The fourth-order valence-corrected chi connectivity index (χ4v) is 6.57. The molecular formula is C35H43N5O7. The van der Waals surface area contributed by atoms with E-state index in [0.717, 1.165) is 16.7 Å². The standard InChI is InChI=1S/C35H43N5O7/c1-9-20-18(3)22-16-27-35(45,14-13-29(42)47-8)34(6,44)32(39-27)40-31-19(4)21(11-12-28(41)46-7)24(38-31)17-26-33(5,10-2)30(43)25(37-26)15-23(20)36-22/h15-17,36,44-45H,9-14H2,1-8H3,(H,38,39,40). The second kappa shape index (κ2) is 12.3. The second-order valence-electron chi connectivity index (χ2n) is 12.7. The molecule has 47 heavy (non-hydrogen) atoms. The number of ether oxygens (including phenoxy) is 2. The molecule has 3 aromatic heterocycles. The van der Waals surface area contributed by atoms with Crippen LogP contribution in [0.2, 0.25) is 0 Å². The maximum atomic E-state index is 13.9. The number of hydrogen-bond donors (Lipinski definition) is 4. The number of rotatable bonds is 8. The Balaban J connectivity index is 1.93. The number of nitrogens with one attached hydrogen (secondary N) is 2. The van der Waals surface area contributed by atoms with Crippen molar-refractivity contribution in [3.63, 3.8) is 0 Å². The molecule has 0 amide bonds. The van der Waals surface area contributed by atoms with Crippen molar-refractivity contribution in [1.29, 1.82) is 0 Å². The molecule has 3 unspecified atom stereocenters. The largest absolute Gasteiger partial charge is 0.469 e. The highest BCUT2D eigenvalue weighted by Gasteiger charge is 2.55. The Kier molecular flexibility index (Phi) is 8.89. The molecule has 4 N–H and O–H groups in total. The van der Waals surface area contributed by atoms with Crippen molar-refractivity contribution < 1.29 is 34.1 Å². The van der Waals surface area contributed by atoms with E-state index in [4.69, 9.17) is 19.4 Å². The summed E-state index contributed by atoms with van der Waals surface area (Å²) < 4.78 is 9.72. The number of Topliss-reactive ketones (excluding diaryl/α,β-unsaturated/α-hetero) is 1. The van der Waals surface area contributed by atoms with Gasteiger partial charge in [0.25, 0.3) is 0 Å². The number of carbonyl (C=O) groups excluding carboxylic acids is 3. The number of H-pyrrole nitrogens is 2. The quantitative estimate of drug-likeness (QED) is 0.253. The van der Waals surface area contributed by atoms with Crippen LogP contribution in [0.4, 0.5) is 0 Å². The van der Waals surface area contributed by atoms with Gasteiger partial charge in [-0.1, -0.05) is 13.8 Å². The van der Waals surface area contributed by atoms with Gasteiger partial charge >= 0.3 is 11.9 Å². The lowest BCUT2D eigenvalue weighted by molar-refractivity contribution is -0.161. The third kappa shape index (κ3) is 5.53. The molecule has 0 saturated carbocycles. The van der Waals surface area contributed by atoms with Crippen LogP contribution in [0.15, 0.2) is 18.2 Å². The molecule has 3 atom stereocenters. The molecule has 0 fully saturated rings. The first-order valence-electron chi connectivity index (χ1n) is 15.9. The fraction of sp³-hybridized carbons (Fsp3) is 0.486. The van der Waals surface area contributed by atoms with Crippen LogP contribution in [0.25, 0.3) is 22.2 Å². The summed E-state index contributed by atoms with van der Waals surface area (Å²) >= 11 is 0. The molecule has 0 radical (unpaired) electrons. The summed E-state index contributed by atoms with van der Waals surface area (Å²) in [5, 5.41) is 24.1. The van der Waals surface area contributed by atoms with Crippen molar-refractivity contribution in [2.24, 2.45) is 0 Å². The molecule has 0 spiro atoms. The first kappa shape index (κ1) is 33.9. The molecule has 2 aliphatic rings. The predicted octanol–water partition coefficient (Wildman–Crippen LogP) is 4.59. The second-order valence-corrected chi connectivity index (χ2v) is 12.7. The number of carbonyl (C=O) groups is 3. The van der Waals surface area contributed by atoms with Gasteiger partial charge in [-0.2, -0.15) is 0 Å². The van der Waals surface area contributed by atoms with Crippen molar-refractivity contribution in [3.8, 4) is 0 Å². The molecule has 12 heteroatoms. The summed E-state index contributed by atoms with van der Waals surface area (Å²) in [6.07, 6.45) is 1.20. The van der Waals surface area contributed by atoms with Crippen molar-refractivity contribution in [3.05, 3.63) is 63.4 Å². The third-order valence-electron chi connectivity index (χ3n) is 10.1. The smallest absolute Gasteiger partial charge is 0.305 e. The van der Waals surface area contributed by atoms with Crippen LogP contribution in [0.1, 0.15) is 103 Å². The SMILES string of the molecule is CCc1c(C)c2cc3nc(nc4[nH]c(cc5nc(cc1[nH]2)C(=O)C5(C)CC)c(CCC(=O)OC)c4C)C(C)(O)C3(O)CCC(=O)OC. The van der Waals surface area contributed by atoms with Gasteiger partial charge in [0, 0.05) is 29.4 Å². The number of aliphatic hydroxyl groups is 2. The van der Waals surface area contributed by atoms with Crippen LogP contribution in [-0.4, -0.2) is 67.1 Å². The molecule has 0 saturated heterocycles. The van der Waals surface area contributed by atoms with Gasteiger partial charge in [0.1, 0.15) is 16.9 Å². The van der Waals surface area contributed by atoms with E-state index in [2.05, 4.69) is 15.0 Å². The Morgan fingerprint density at radius 1 is 0.830 bits per heavy atom. The van der Waals surface area contributed by atoms with E-state index in [9.17, 15) is 24.6 Å². The van der Waals surface area contributed by atoms with Gasteiger partial charge in [-0.25, -0.2) is 15.0 Å². The molecule has 3 aromatic rings. The van der Waals surface area contributed by atoms with Crippen LogP contribution in [0, 0.1) is 13.8 Å². The molecule has 0 aromatic carbocycles. The predicted molar refractivity (Wildman–Crippen MR) is 175 cm³/mol. The maximum Gasteiger partial charge on any atom is 0.305 e. The topological polar surface area (TPSA) is 180 Å². The van der Waals surface area contributed by atoms with Gasteiger partial charge in [0.2, 0.25) is 0 Å². The summed E-state index contributed by atoms with van der Waals surface area (Å²) in [5.41, 5.74) is 1.64. The average molecular weight is 646 g/mol. The highest BCUT2D eigenvalue weighted by atomic mass is 16.5. The van der Waals surface area contributed by atoms with E-state index >= 15 is 0 Å². The fourth-order valence-electron chi connectivity index (χ4n) is 6.57. The number of aromatic nitrogens is 5. The van der Waals surface area contributed by atoms with Crippen molar-refractivity contribution in [2.75, 3.05) is 14.2 Å². The van der Waals surface area contributed by atoms with Crippen molar-refractivity contribution in [1.82, 2.24) is 24.9 Å². The van der Waals surface area contributed by atoms with Gasteiger partial charge in [0.05, 0.1) is 31.0 Å². The zero-order valence-corrected chi connectivity index (χ0v) is 28.3. The lowest BCUT2D eigenvalue weighted by Crippen LogP contribution is -2.44. The van der Waals surface area contributed by atoms with Gasteiger partial charge in [0.15, 0.2) is 17.2 Å². The van der Waals surface area contributed by atoms with E-state index in [1.807, 2.05) is 40.7 Å². The Hall–Kier alpha value is -4.42. The van der Waals surface area contributed by atoms with Crippen molar-refractivity contribution in [2.45, 2.75) is 96.7 Å². The number of esters is 2. The zero-order chi connectivity index (χ0) is 34.5. The summed E-state index contributed by atoms with van der Waals surface area (Å²) in [4.78, 5) is 59.3. The minimum absolute atomic E-state index is 0.0623. The van der Waals surface area contributed by atoms with Crippen LogP contribution in [0.3, 0.4) is 0 Å². The van der Waals surface area contributed by atoms with E-state index < -0.39 is 22.6 Å².